The molecule has 0 rings (SSSR count). The van der Waals surface area contributed by atoms with Crippen LogP contribution in [-0.2, 0) is 19.1 Å². The fourth-order valence-electron chi connectivity index (χ4n) is 0.453. The van der Waals surface area contributed by atoms with Crippen LogP contribution in [0, 0.1) is 0 Å². The summed E-state index contributed by atoms with van der Waals surface area (Å²) in [4.78, 5) is 31.1. The molecule has 1 amide bonds. The van der Waals surface area contributed by atoms with Gasteiger partial charge in [-0.15, -0.1) is 0 Å². The Balaban J connectivity index is 3.93. The molecule has 0 aliphatic carbocycles. The number of carbonyl (C=O) groups is 3. The van der Waals surface area contributed by atoms with Crippen molar-refractivity contribution in [2.45, 2.75) is 19.4 Å². The van der Waals surface area contributed by atoms with Crippen LogP contribution in [0.1, 0.15) is 14.7 Å². The van der Waals surface area contributed by atoms with E-state index >= 15 is 0 Å². The topological polar surface area (TPSA) is 86.5 Å². The van der Waals surface area contributed by atoms with Crippen molar-refractivity contribution in [3.05, 3.63) is 0 Å². The molecular formula is C6H9NO4. The summed E-state index contributed by atoms with van der Waals surface area (Å²) < 4.78 is 10.5. The molecule has 0 bridgehead atoms. The fourth-order valence-corrected chi connectivity index (χ4v) is 0.453. The van der Waals surface area contributed by atoms with Gasteiger partial charge in [0.1, 0.15) is 0 Å². The van der Waals surface area contributed by atoms with Gasteiger partial charge in [-0.2, -0.15) is 0 Å². The van der Waals surface area contributed by atoms with Crippen LogP contribution in [0.5, 0.6) is 0 Å². The first-order valence-electron chi connectivity index (χ1n) is 3.41. The molecule has 5 nitrogen and oxygen atoms in total. The first-order chi connectivity index (χ1) is 5.43. The highest BCUT2D eigenvalue weighted by Crippen LogP contribution is 1.93. The zero-order chi connectivity index (χ0) is 9.72. The third kappa shape index (κ3) is 4.07. The lowest BCUT2D eigenvalue weighted by molar-refractivity contribution is -0.144. The van der Waals surface area contributed by atoms with E-state index in [4.69, 9.17) is 7.10 Å². The van der Waals surface area contributed by atoms with Crippen LogP contribution in [0.3, 0.4) is 0 Å². The third-order valence-electron chi connectivity index (χ3n) is 1.03. The van der Waals surface area contributed by atoms with Crippen LogP contribution in [0.4, 0.5) is 0 Å². The number of amides is 1. The molecule has 2 N–H and O–H groups in total. The summed E-state index contributed by atoms with van der Waals surface area (Å²) in [5, 5.41) is 0. The van der Waals surface area contributed by atoms with Crippen molar-refractivity contribution in [3.63, 3.8) is 0 Å². The van der Waals surface area contributed by atoms with Crippen molar-refractivity contribution < 1.29 is 20.5 Å². The second-order valence-electron chi connectivity index (χ2n) is 1.95. The SMILES string of the molecule is [2H]C(=O)OC(C)C(=O)CC(N)=O. The average Bonchev–Trinajstić information content (AvgIpc) is 1.84. The van der Waals surface area contributed by atoms with Gasteiger partial charge in [0.2, 0.25) is 5.91 Å². The summed E-state index contributed by atoms with van der Waals surface area (Å²) >= 11 is 0. The molecular weight excluding hydrogens is 150 g/mol. The van der Waals surface area contributed by atoms with E-state index in [1.165, 1.54) is 6.92 Å². The summed E-state index contributed by atoms with van der Waals surface area (Å²) in [6.07, 6.45) is -2.86. The van der Waals surface area contributed by atoms with Crippen molar-refractivity contribution in [1.82, 2.24) is 0 Å². The van der Waals surface area contributed by atoms with E-state index in [0.717, 1.165) is 0 Å². The van der Waals surface area contributed by atoms with Gasteiger partial charge in [-0.05, 0) is 6.92 Å². The van der Waals surface area contributed by atoms with E-state index in [1.54, 1.807) is 0 Å². The number of ketones is 1. The van der Waals surface area contributed by atoms with Gasteiger partial charge in [0, 0.05) is 0 Å². The molecule has 1 atom stereocenters. The molecule has 0 aromatic carbocycles. The van der Waals surface area contributed by atoms with Crippen LogP contribution >= 0.6 is 0 Å². The summed E-state index contributed by atoms with van der Waals surface area (Å²) in [6.45, 7) is 1.28. The third-order valence-corrected chi connectivity index (χ3v) is 1.03. The zero-order valence-corrected chi connectivity index (χ0v) is 5.99. The first-order valence-corrected chi connectivity index (χ1v) is 2.91. The number of ether oxygens (including phenoxy) is 1. The fraction of sp³-hybridized carbons (Fsp3) is 0.500. The van der Waals surface area contributed by atoms with E-state index in [-0.39, 0.29) is 0 Å². The Bertz CT molecular complexity index is 216. The maximum Gasteiger partial charge on any atom is 0.293 e. The average molecular weight is 160 g/mol. The quantitative estimate of drug-likeness (QED) is 0.421. The Kier molecular flexibility index (Phi) is 3.11. The predicted octanol–water partition coefficient (Wildman–Crippen LogP) is -1.01. The molecule has 0 aliphatic heterocycles. The summed E-state index contributed by atoms with van der Waals surface area (Å²) in [5.41, 5.74) is 4.71. The maximum absolute atomic E-state index is 10.8. The van der Waals surface area contributed by atoms with Crippen LogP contribution in [-0.4, -0.2) is 24.2 Å². The molecule has 0 heterocycles. The number of nitrogens with two attached hydrogens (primary N) is 1. The smallest absolute Gasteiger partial charge is 0.293 e. The minimum absolute atomic E-state index is 0.478. The Morgan fingerprint density at radius 2 is 2.36 bits per heavy atom. The van der Waals surface area contributed by atoms with Crippen molar-refractivity contribution in [2.75, 3.05) is 0 Å². The van der Waals surface area contributed by atoms with E-state index in [1.807, 2.05) is 0 Å². The molecule has 11 heavy (non-hydrogen) atoms. The Morgan fingerprint density at radius 1 is 1.82 bits per heavy atom. The molecule has 0 aliphatic rings. The second-order valence-corrected chi connectivity index (χ2v) is 1.95. The van der Waals surface area contributed by atoms with E-state index < -0.39 is 30.7 Å². The number of hydrogen-bond acceptors (Lipinski definition) is 4. The molecule has 0 aromatic rings. The normalized spacial score (nSPS) is 13.0. The highest BCUT2D eigenvalue weighted by molar-refractivity contribution is 5.99. The van der Waals surface area contributed by atoms with Gasteiger partial charge in [0.15, 0.2) is 13.3 Å². The van der Waals surface area contributed by atoms with Gasteiger partial charge in [0.05, 0.1) is 6.42 Å². The maximum atomic E-state index is 10.8. The van der Waals surface area contributed by atoms with Crippen LogP contribution in [0.2, 0.25) is 0 Å². The van der Waals surface area contributed by atoms with Crippen LogP contribution in [0.15, 0.2) is 0 Å². The Hall–Kier alpha value is -1.39. The summed E-state index contributed by atoms with van der Waals surface area (Å²) in [5.74, 6) is -1.39. The lowest BCUT2D eigenvalue weighted by atomic mass is 10.2. The van der Waals surface area contributed by atoms with Gasteiger partial charge in [-0.1, -0.05) is 0 Å². The number of Topliss-reactive ketones (excluding diaryl/α,β-unsaturated/α-hetero) is 1. The minimum atomic E-state index is -1.31. The lowest BCUT2D eigenvalue weighted by Gasteiger charge is -2.05. The largest absolute Gasteiger partial charge is 0.457 e. The molecule has 0 aromatic heterocycles. The van der Waals surface area contributed by atoms with E-state index in [2.05, 4.69) is 4.74 Å². The predicted molar refractivity (Wildman–Crippen MR) is 35.4 cm³/mol. The van der Waals surface area contributed by atoms with Gasteiger partial charge in [-0.25, -0.2) is 0 Å². The molecule has 0 spiro atoms. The molecule has 0 fully saturated rings. The zero-order valence-electron chi connectivity index (χ0n) is 6.99. The first kappa shape index (κ1) is 7.71. The van der Waals surface area contributed by atoms with Crippen molar-refractivity contribution in [2.24, 2.45) is 5.73 Å². The van der Waals surface area contributed by atoms with E-state index in [0.29, 0.717) is 0 Å². The molecule has 0 radical (unpaired) electrons. The van der Waals surface area contributed by atoms with Crippen molar-refractivity contribution >= 4 is 18.1 Å². The number of hydrogen-bond donors (Lipinski definition) is 1. The highest BCUT2D eigenvalue weighted by atomic mass is 16.5. The van der Waals surface area contributed by atoms with Gasteiger partial charge in [-0.3, -0.25) is 14.4 Å². The van der Waals surface area contributed by atoms with E-state index in [9.17, 15) is 14.4 Å². The minimum Gasteiger partial charge on any atom is -0.457 e. The highest BCUT2D eigenvalue weighted by Gasteiger charge is 2.15. The second kappa shape index (κ2) is 4.43. The standard InChI is InChI=1S/C6H9NO4/c1-4(11-3-8)5(9)2-6(7)10/h3-4H,2H2,1H3,(H2,7,10)/i3D. The van der Waals surface area contributed by atoms with Crippen LogP contribution in [0.25, 0.3) is 0 Å². The van der Waals surface area contributed by atoms with Crippen molar-refractivity contribution in [1.29, 1.82) is 0 Å². The Labute approximate surface area is 64.9 Å². The summed E-state index contributed by atoms with van der Waals surface area (Å²) in [7, 11) is 0. The Morgan fingerprint density at radius 3 is 2.73 bits per heavy atom. The molecule has 0 saturated heterocycles. The molecule has 62 valence electrons. The monoisotopic (exact) mass is 160 g/mol. The summed E-state index contributed by atoms with van der Waals surface area (Å²) in [6, 6.07) is 0. The van der Waals surface area contributed by atoms with Crippen molar-refractivity contribution in [3.8, 4) is 0 Å². The number of carbonyl (C=O) groups excluding carboxylic acids is 3. The number of rotatable bonds is 4. The van der Waals surface area contributed by atoms with Gasteiger partial charge in [0.25, 0.3) is 6.45 Å². The van der Waals surface area contributed by atoms with Crippen LogP contribution < -0.4 is 5.73 Å². The molecule has 5 heteroatoms. The number of primary amides is 1. The molecule has 0 saturated carbocycles. The van der Waals surface area contributed by atoms with Gasteiger partial charge >= 0.3 is 0 Å². The lowest BCUT2D eigenvalue weighted by Crippen LogP contribution is -2.25. The molecule has 1 unspecified atom stereocenters. The van der Waals surface area contributed by atoms with Gasteiger partial charge < -0.3 is 10.5 Å².